The van der Waals surface area contributed by atoms with Gasteiger partial charge in [-0.3, -0.25) is 4.21 Å². The Bertz CT molecular complexity index is 951. The molecule has 1 aliphatic rings. The fourth-order valence-corrected chi connectivity index (χ4v) is 5.87. The third-order valence-electron chi connectivity index (χ3n) is 4.37. The Labute approximate surface area is 175 Å². The molecule has 3 heterocycles. The largest absolute Gasteiger partial charge is 0.367 e. The average molecular weight is 431 g/mol. The van der Waals surface area contributed by atoms with Gasteiger partial charge in [-0.1, -0.05) is 30.0 Å². The van der Waals surface area contributed by atoms with Crippen LogP contribution in [0.4, 0.5) is 16.8 Å². The molecule has 3 aromatic rings. The molecule has 2 N–H and O–H groups in total. The van der Waals surface area contributed by atoms with Crippen LogP contribution in [0.25, 0.3) is 0 Å². The summed E-state index contributed by atoms with van der Waals surface area (Å²) in [6.45, 7) is 2.04. The van der Waals surface area contributed by atoms with Gasteiger partial charge in [-0.05, 0) is 44.0 Å². The Kier molecular flexibility index (Phi) is 6.29. The van der Waals surface area contributed by atoms with Crippen molar-refractivity contribution in [3.05, 3.63) is 53.5 Å². The average Bonchev–Trinajstić information content (AvgIpc) is 3.09. The highest BCUT2D eigenvalue weighted by Crippen LogP contribution is 2.32. The van der Waals surface area contributed by atoms with Crippen LogP contribution in [0.3, 0.4) is 0 Å². The Hall–Kier alpha value is -1.90. The summed E-state index contributed by atoms with van der Waals surface area (Å²) in [4.78, 5) is 12.6. The first-order valence-electron chi connectivity index (χ1n) is 9.20. The van der Waals surface area contributed by atoms with E-state index >= 15 is 0 Å². The molecular weight excluding hydrogens is 408 g/mol. The summed E-state index contributed by atoms with van der Waals surface area (Å²) in [5.74, 6) is 3.14. The Morgan fingerprint density at radius 3 is 2.57 bits per heavy atom. The highest BCUT2D eigenvalue weighted by Gasteiger charge is 2.18. The second-order valence-corrected chi connectivity index (χ2v) is 10.7. The lowest BCUT2D eigenvalue weighted by Crippen LogP contribution is -2.29. The first kappa shape index (κ1) is 19.4. The number of thiazole rings is 1. The van der Waals surface area contributed by atoms with Crippen molar-refractivity contribution in [3.63, 3.8) is 0 Å². The minimum absolute atomic E-state index is 0.317. The van der Waals surface area contributed by atoms with Gasteiger partial charge in [-0.2, -0.15) is 0 Å². The van der Waals surface area contributed by atoms with Crippen LogP contribution in [-0.2, 0) is 10.8 Å². The van der Waals surface area contributed by atoms with E-state index in [1.807, 2.05) is 31.3 Å². The lowest BCUT2D eigenvalue weighted by Gasteiger charge is -2.23. The van der Waals surface area contributed by atoms with Gasteiger partial charge in [-0.25, -0.2) is 9.97 Å². The standard InChI is InChI=1S/C20H22N4OS3/c1-14-13-21-20(26-14)24-19-12-17(27-16-5-3-2-4-6-16)11-18(23-19)22-15-7-9-28(25)10-8-15/h2-6,11-13,15H,7-10H2,1H3,(H2,21,22,23,24). The fourth-order valence-electron chi connectivity index (χ4n) is 3.00. The molecule has 2 aromatic heterocycles. The third kappa shape index (κ3) is 5.33. The lowest BCUT2D eigenvalue weighted by molar-refractivity contribution is 0.622. The molecule has 28 heavy (non-hydrogen) atoms. The van der Waals surface area contributed by atoms with Gasteiger partial charge < -0.3 is 10.6 Å². The summed E-state index contributed by atoms with van der Waals surface area (Å²) in [7, 11) is -0.662. The number of aromatic nitrogens is 2. The van der Waals surface area contributed by atoms with Crippen LogP contribution in [-0.4, -0.2) is 31.7 Å². The third-order valence-corrected chi connectivity index (χ3v) is 7.56. The minimum atomic E-state index is -0.662. The number of nitrogens with zero attached hydrogens (tertiary/aromatic N) is 2. The van der Waals surface area contributed by atoms with Crippen molar-refractivity contribution in [2.24, 2.45) is 0 Å². The Morgan fingerprint density at radius 1 is 1.11 bits per heavy atom. The van der Waals surface area contributed by atoms with Gasteiger partial charge in [0.05, 0.1) is 0 Å². The molecular formula is C20H22N4OS3. The number of rotatable bonds is 6. The van der Waals surface area contributed by atoms with Gasteiger partial charge in [0, 0.05) is 49.2 Å². The zero-order valence-electron chi connectivity index (χ0n) is 15.6. The van der Waals surface area contributed by atoms with Gasteiger partial charge in [-0.15, -0.1) is 11.3 Å². The Balaban J connectivity index is 1.57. The number of pyridine rings is 1. The first-order chi connectivity index (χ1) is 13.6. The van der Waals surface area contributed by atoms with Crippen molar-refractivity contribution in [2.75, 3.05) is 22.1 Å². The van der Waals surface area contributed by atoms with E-state index in [0.29, 0.717) is 6.04 Å². The summed E-state index contributed by atoms with van der Waals surface area (Å²) in [6, 6.07) is 14.8. The molecule has 1 aliphatic heterocycles. The number of nitrogens with one attached hydrogen (secondary N) is 2. The molecule has 146 valence electrons. The van der Waals surface area contributed by atoms with Crippen molar-refractivity contribution in [3.8, 4) is 0 Å². The highest BCUT2D eigenvalue weighted by atomic mass is 32.2. The van der Waals surface area contributed by atoms with E-state index < -0.39 is 10.8 Å². The number of anilines is 3. The normalized spacial score (nSPS) is 19.3. The van der Waals surface area contributed by atoms with Gasteiger partial charge in [0.2, 0.25) is 0 Å². The molecule has 5 nitrogen and oxygen atoms in total. The molecule has 4 rings (SSSR count). The molecule has 1 aromatic carbocycles. The van der Waals surface area contributed by atoms with Gasteiger partial charge in [0.15, 0.2) is 5.13 Å². The lowest BCUT2D eigenvalue weighted by atomic mass is 10.1. The second-order valence-electron chi connectivity index (χ2n) is 6.66. The van der Waals surface area contributed by atoms with E-state index in [0.717, 1.165) is 50.9 Å². The molecule has 1 fully saturated rings. The fraction of sp³-hybridized carbons (Fsp3) is 0.300. The number of hydrogen-bond donors (Lipinski definition) is 2. The van der Waals surface area contributed by atoms with Gasteiger partial charge >= 0.3 is 0 Å². The van der Waals surface area contributed by atoms with Crippen LogP contribution in [0.2, 0.25) is 0 Å². The van der Waals surface area contributed by atoms with Crippen molar-refractivity contribution in [1.82, 2.24) is 9.97 Å². The molecule has 0 bridgehead atoms. The highest BCUT2D eigenvalue weighted by molar-refractivity contribution is 7.99. The van der Waals surface area contributed by atoms with Crippen LogP contribution in [0.5, 0.6) is 0 Å². The summed E-state index contributed by atoms with van der Waals surface area (Å²) in [6.07, 6.45) is 3.69. The van der Waals surface area contributed by atoms with Crippen molar-refractivity contribution in [2.45, 2.75) is 35.6 Å². The quantitative estimate of drug-likeness (QED) is 0.569. The smallest absolute Gasteiger partial charge is 0.188 e. The molecule has 0 atom stereocenters. The SMILES string of the molecule is Cc1cnc(Nc2cc(Sc3ccccc3)cc(NC3CCS(=O)CC3)n2)s1. The number of benzene rings is 1. The number of aryl methyl sites for hydroxylation is 1. The van der Waals surface area contributed by atoms with Crippen molar-refractivity contribution >= 4 is 50.7 Å². The number of hydrogen-bond acceptors (Lipinski definition) is 7. The summed E-state index contributed by atoms with van der Waals surface area (Å²) in [5.41, 5.74) is 0. The van der Waals surface area contributed by atoms with Crippen molar-refractivity contribution < 1.29 is 4.21 Å². The van der Waals surface area contributed by atoms with E-state index in [9.17, 15) is 4.21 Å². The zero-order chi connectivity index (χ0) is 19.3. The summed E-state index contributed by atoms with van der Waals surface area (Å²) < 4.78 is 11.6. The van der Waals surface area contributed by atoms with E-state index in [1.165, 1.54) is 4.90 Å². The van der Waals surface area contributed by atoms with Crippen molar-refractivity contribution in [1.29, 1.82) is 0 Å². The van der Waals surface area contributed by atoms with Crippen LogP contribution in [0.15, 0.2) is 58.5 Å². The molecule has 0 unspecified atom stereocenters. The molecule has 0 radical (unpaired) electrons. The van der Waals surface area contributed by atoms with E-state index in [4.69, 9.17) is 4.98 Å². The molecule has 0 spiro atoms. The molecule has 0 aliphatic carbocycles. The van der Waals surface area contributed by atoms with E-state index in [-0.39, 0.29) is 0 Å². The summed E-state index contributed by atoms with van der Waals surface area (Å²) in [5, 5.41) is 7.71. The van der Waals surface area contributed by atoms with E-state index in [1.54, 1.807) is 23.1 Å². The Morgan fingerprint density at radius 2 is 1.86 bits per heavy atom. The van der Waals surface area contributed by atoms with Crippen LogP contribution in [0, 0.1) is 6.92 Å². The zero-order valence-corrected chi connectivity index (χ0v) is 18.0. The minimum Gasteiger partial charge on any atom is -0.367 e. The topological polar surface area (TPSA) is 66.9 Å². The van der Waals surface area contributed by atoms with Crippen LogP contribution in [0.1, 0.15) is 17.7 Å². The van der Waals surface area contributed by atoms with Crippen LogP contribution < -0.4 is 10.6 Å². The predicted molar refractivity (Wildman–Crippen MR) is 119 cm³/mol. The maximum Gasteiger partial charge on any atom is 0.188 e. The second kappa shape index (κ2) is 9.07. The maximum absolute atomic E-state index is 11.6. The first-order valence-corrected chi connectivity index (χ1v) is 12.3. The predicted octanol–water partition coefficient (Wildman–Crippen LogP) is 5.06. The van der Waals surface area contributed by atoms with Gasteiger partial charge in [0.25, 0.3) is 0 Å². The van der Waals surface area contributed by atoms with Crippen LogP contribution >= 0.6 is 23.1 Å². The van der Waals surface area contributed by atoms with Gasteiger partial charge in [0.1, 0.15) is 11.6 Å². The summed E-state index contributed by atoms with van der Waals surface area (Å²) >= 11 is 3.32. The molecule has 1 saturated heterocycles. The molecule has 0 saturated carbocycles. The molecule has 0 amide bonds. The monoisotopic (exact) mass is 430 g/mol. The maximum atomic E-state index is 11.6. The van der Waals surface area contributed by atoms with E-state index in [2.05, 4.69) is 39.9 Å². The molecule has 8 heteroatoms.